The third-order valence-electron chi connectivity index (χ3n) is 0. The van der Waals surface area contributed by atoms with Crippen molar-refractivity contribution in [1.82, 2.24) is 0 Å². The molecule has 0 aromatic rings. The first-order valence-electron chi connectivity index (χ1n) is 0.632. The molecule has 0 atom stereocenters. The van der Waals surface area contributed by atoms with Gasteiger partial charge in [0.05, 0.1) is 0 Å². The van der Waals surface area contributed by atoms with Crippen molar-refractivity contribution in [3.63, 3.8) is 0 Å². The molecule has 0 aliphatic rings. The maximum Gasteiger partial charge on any atom is 2.00 e. The summed E-state index contributed by atoms with van der Waals surface area (Å²) in [5.74, 6) is 0. The van der Waals surface area contributed by atoms with E-state index in [0.717, 1.165) is 0 Å². The van der Waals surface area contributed by atoms with Crippen molar-refractivity contribution in [2.45, 2.75) is 0 Å². The van der Waals surface area contributed by atoms with Gasteiger partial charge in [0.2, 0.25) is 6.16 Å². The maximum absolute atomic E-state index is 8.44. The molecule has 1 N–H and O–H groups in total. The van der Waals surface area contributed by atoms with Crippen molar-refractivity contribution >= 4 is 29.2 Å². The molecule has 0 fully saturated rings. The quantitative estimate of drug-likeness (QED) is 0.315. The van der Waals surface area contributed by atoms with Gasteiger partial charge in [0, 0.05) is 0 Å². The number of hydrogen-bond donors (Lipinski definition) is 1. The van der Waals surface area contributed by atoms with Crippen LogP contribution in [0.1, 0.15) is 0 Å². The Labute approximate surface area is 49.5 Å². The molecule has 32 valence electrons. The molecule has 0 aromatic carbocycles. The largest absolute Gasteiger partial charge is 2.00 e. The van der Waals surface area contributed by atoms with Crippen molar-refractivity contribution in [1.29, 1.82) is 0 Å². The monoisotopic (exact) mass is 104 g/mol. The molecule has 0 radical (unpaired) electrons. The Bertz CT molecular complexity index is 33.8. The second kappa shape index (κ2) is 8.88. The van der Waals surface area contributed by atoms with Crippen LogP contribution in [0.4, 0.5) is 4.79 Å². The average Bonchev–Trinajstić information content (AvgIpc) is 0.811. The molecule has 5 heteroatoms. The fraction of sp³-hybridized carbons (Fsp3) is 0. The van der Waals surface area contributed by atoms with Gasteiger partial charge in [0.1, 0.15) is 0 Å². The van der Waals surface area contributed by atoms with Gasteiger partial charge in [0.15, 0.2) is 0 Å². The van der Waals surface area contributed by atoms with E-state index >= 15 is 0 Å². The number of hydrogen-bond acceptors (Lipinski definition) is 2. The molecule has 3 nitrogen and oxygen atoms in total. The van der Waals surface area contributed by atoms with Crippen LogP contribution in [-0.2, 0) is 0 Å². The Balaban J connectivity index is -0.0000000450. The zero-order valence-corrected chi connectivity index (χ0v) is 4.26. The third kappa shape index (κ3) is 30600. The summed E-state index contributed by atoms with van der Waals surface area (Å²) >= 11 is 0. The second-order valence-electron chi connectivity index (χ2n) is 0.266. The van der Waals surface area contributed by atoms with E-state index in [2.05, 4.69) is 0 Å². The van der Waals surface area contributed by atoms with E-state index in [1.54, 1.807) is 0 Å². The van der Waals surface area contributed by atoms with E-state index in [9.17, 15) is 0 Å². The maximum atomic E-state index is 8.44. The number of halogens is 1. The molecule has 0 aliphatic heterocycles. The van der Waals surface area contributed by atoms with Crippen LogP contribution in [0.25, 0.3) is 0 Å². The van der Waals surface area contributed by atoms with Crippen LogP contribution in [0, 0.1) is 0 Å². The van der Waals surface area contributed by atoms with Crippen LogP contribution in [-0.4, -0.2) is 34.3 Å². The Morgan fingerprint density at radius 3 is 1.67 bits per heavy atom. The first-order valence-corrected chi connectivity index (χ1v) is 0.632. The van der Waals surface area contributed by atoms with E-state index < -0.39 is 6.16 Å². The van der Waals surface area contributed by atoms with Crippen molar-refractivity contribution in [2.24, 2.45) is 0 Å². The van der Waals surface area contributed by atoms with Crippen molar-refractivity contribution in [2.75, 3.05) is 0 Å². The summed E-state index contributed by atoms with van der Waals surface area (Å²) in [5, 5.41) is 15.3. The summed E-state index contributed by atoms with van der Waals surface area (Å²) in [6.07, 6.45) is -2.08. The van der Waals surface area contributed by atoms with Crippen molar-refractivity contribution < 1.29 is 19.7 Å². The van der Waals surface area contributed by atoms with Crippen molar-refractivity contribution in [3.05, 3.63) is 0 Å². The Morgan fingerprint density at radius 2 is 1.67 bits per heavy atom. The summed E-state index contributed by atoms with van der Waals surface area (Å²) in [4.78, 5) is 8.44. The van der Waals surface area contributed by atoms with Crippen LogP contribution in [0.15, 0.2) is 0 Å². The molecule has 0 saturated carbocycles. The summed E-state index contributed by atoms with van der Waals surface area (Å²) in [6, 6.07) is 0. The molecule has 0 bridgehead atoms. The molecule has 0 amide bonds. The predicted molar refractivity (Wildman–Crippen MR) is 13.8 cm³/mol. The summed E-state index contributed by atoms with van der Waals surface area (Å²) < 4.78 is 0. The standard InChI is InChI=1S/CH2O3.FH.Mg/c2-1(3)4;;/h(H2,2,3,4);1H;/q;;+2/p-2. The fourth-order valence-electron chi connectivity index (χ4n) is 0. The van der Waals surface area contributed by atoms with Crippen LogP contribution < -0.4 is 9.81 Å². The molecule has 0 spiro atoms. The van der Waals surface area contributed by atoms with Crippen LogP contribution >= 0.6 is 0 Å². The van der Waals surface area contributed by atoms with E-state index in [1.165, 1.54) is 0 Å². The number of carbonyl (C=O) groups is 1. The van der Waals surface area contributed by atoms with E-state index in [4.69, 9.17) is 15.0 Å². The fourth-order valence-corrected chi connectivity index (χ4v) is 0. The van der Waals surface area contributed by atoms with Gasteiger partial charge >= 0.3 is 23.1 Å². The minimum Gasteiger partial charge on any atom is -1.00 e. The molecular weight excluding hydrogens is 103 g/mol. The van der Waals surface area contributed by atoms with Gasteiger partial charge in [-0.25, -0.2) is 0 Å². The van der Waals surface area contributed by atoms with Gasteiger partial charge in [-0.15, -0.1) is 0 Å². The topological polar surface area (TPSA) is 60.4 Å². The van der Waals surface area contributed by atoms with Gasteiger partial charge in [-0.1, -0.05) is 0 Å². The predicted octanol–water partition coefficient (Wildman–Crippen LogP) is -4.49. The van der Waals surface area contributed by atoms with E-state index in [0.29, 0.717) is 0 Å². The average molecular weight is 104 g/mol. The molecule has 0 aromatic heterocycles. The Morgan fingerprint density at radius 1 is 1.67 bits per heavy atom. The first-order chi connectivity index (χ1) is 1.73. The SMILES string of the molecule is O=C([O-])O.[F-].[Mg+2]. The van der Waals surface area contributed by atoms with Gasteiger partial charge in [-0.3, -0.25) is 0 Å². The molecule has 6 heavy (non-hydrogen) atoms. The summed E-state index contributed by atoms with van der Waals surface area (Å²) in [5.41, 5.74) is 0. The first kappa shape index (κ1) is 16.7. The zero-order valence-electron chi connectivity index (χ0n) is 2.85. The second-order valence-corrected chi connectivity index (χ2v) is 0.266. The normalized spacial score (nSPS) is 4.00. The molecule has 0 heterocycles. The Hall–Kier alpha value is -0.0338. The van der Waals surface area contributed by atoms with Crippen LogP contribution in [0.2, 0.25) is 0 Å². The minimum absolute atomic E-state index is 0. The third-order valence-corrected chi connectivity index (χ3v) is 0. The summed E-state index contributed by atoms with van der Waals surface area (Å²) in [6.45, 7) is 0. The van der Waals surface area contributed by atoms with E-state index in [1.807, 2.05) is 0 Å². The van der Waals surface area contributed by atoms with E-state index in [-0.39, 0.29) is 27.8 Å². The minimum atomic E-state index is -2.08. The number of carboxylic acid groups (broad SMARTS) is 2. The zero-order chi connectivity index (χ0) is 3.58. The molecular formula is CHFMgO3. The Kier molecular flexibility index (Phi) is 24.7. The number of rotatable bonds is 0. The summed E-state index contributed by atoms with van der Waals surface area (Å²) in [7, 11) is 0. The van der Waals surface area contributed by atoms with Crippen molar-refractivity contribution in [3.8, 4) is 0 Å². The van der Waals surface area contributed by atoms with Gasteiger partial charge < -0.3 is 19.7 Å². The van der Waals surface area contributed by atoms with Gasteiger partial charge in [0.25, 0.3) is 0 Å². The van der Waals surface area contributed by atoms with Crippen LogP contribution in [0.3, 0.4) is 0 Å². The van der Waals surface area contributed by atoms with Crippen LogP contribution in [0.5, 0.6) is 0 Å². The molecule has 0 saturated heterocycles. The smallest absolute Gasteiger partial charge is 1.00 e. The van der Waals surface area contributed by atoms with Gasteiger partial charge in [-0.2, -0.15) is 0 Å². The molecule has 0 unspecified atom stereocenters. The molecule has 0 rings (SSSR count). The molecule has 0 aliphatic carbocycles. The van der Waals surface area contributed by atoms with Gasteiger partial charge in [-0.05, 0) is 0 Å².